The molecule has 1 aliphatic rings. The van der Waals surface area contributed by atoms with Crippen LogP contribution in [-0.2, 0) is 4.74 Å². The number of nitrogens with one attached hydrogen (secondary N) is 1. The van der Waals surface area contributed by atoms with E-state index in [1.54, 1.807) is 30.2 Å². The molecule has 7 heteroatoms. The molecule has 0 radical (unpaired) electrons. The summed E-state index contributed by atoms with van der Waals surface area (Å²) in [5, 5.41) is 3.66. The quantitative estimate of drug-likeness (QED) is 0.922. The Hall–Kier alpha value is -1.01. The maximum absolute atomic E-state index is 12.2. The lowest BCUT2D eigenvalue weighted by atomic mass is 10.3. The first-order valence-corrected chi connectivity index (χ1v) is 7.58. The highest BCUT2D eigenvalue weighted by Crippen LogP contribution is 2.30. The molecule has 1 aromatic rings. The molecule has 5 nitrogen and oxygen atoms in total. The Bertz CT molecular complexity index is 471. The van der Waals surface area contributed by atoms with Crippen LogP contribution in [0.1, 0.15) is 0 Å². The zero-order chi connectivity index (χ0) is 15.2. The number of benzene rings is 1. The number of halogens is 2. The van der Waals surface area contributed by atoms with E-state index in [0.29, 0.717) is 35.4 Å². The Labute approximate surface area is 134 Å². The number of piperazine rings is 1. The Morgan fingerprint density at radius 2 is 1.86 bits per heavy atom. The summed E-state index contributed by atoms with van der Waals surface area (Å²) in [7, 11) is 1.69. The van der Waals surface area contributed by atoms with E-state index in [4.69, 9.17) is 27.9 Å². The Balaban J connectivity index is 1.88. The lowest BCUT2D eigenvalue weighted by Crippen LogP contribution is -2.50. The molecule has 1 N–H and O–H groups in total. The topological polar surface area (TPSA) is 44.8 Å². The minimum absolute atomic E-state index is 0.170. The van der Waals surface area contributed by atoms with Gasteiger partial charge in [0, 0.05) is 39.8 Å². The second-order valence-corrected chi connectivity index (χ2v) is 5.66. The predicted molar refractivity (Wildman–Crippen MR) is 85.4 cm³/mol. The van der Waals surface area contributed by atoms with Crippen molar-refractivity contribution in [2.45, 2.75) is 0 Å². The Morgan fingerprint density at radius 1 is 1.24 bits per heavy atom. The molecule has 1 aliphatic heterocycles. The van der Waals surface area contributed by atoms with Gasteiger partial charge in [-0.3, -0.25) is 4.90 Å². The fourth-order valence-corrected chi connectivity index (χ4v) is 2.69. The van der Waals surface area contributed by atoms with Crippen LogP contribution in [0.4, 0.5) is 10.5 Å². The molecular weight excluding hydrogens is 313 g/mol. The van der Waals surface area contributed by atoms with Gasteiger partial charge in [-0.05, 0) is 12.1 Å². The third-order valence-corrected chi connectivity index (χ3v) is 4.10. The first kappa shape index (κ1) is 16.4. The third kappa shape index (κ3) is 4.48. The molecule has 0 atom stereocenters. The average molecular weight is 332 g/mol. The number of amides is 2. The normalized spacial score (nSPS) is 16.0. The third-order valence-electron chi connectivity index (χ3n) is 3.47. The van der Waals surface area contributed by atoms with Gasteiger partial charge in [0.05, 0.1) is 22.3 Å². The molecule has 1 fully saturated rings. The van der Waals surface area contributed by atoms with Gasteiger partial charge in [-0.25, -0.2) is 4.79 Å². The van der Waals surface area contributed by atoms with Crippen molar-refractivity contribution >= 4 is 34.9 Å². The standard InChI is InChI=1S/C14H19Cl2N3O2/c1-21-10-9-18-5-7-19(8-6-18)14(20)17-13-11(15)3-2-4-12(13)16/h2-4H,5-10H2,1H3,(H,17,20). The molecule has 0 aromatic heterocycles. The molecule has 0 spiro atoms. The van der Waals surface area contributed by atoms with Crippen molar-refractivity contribution in [2.24, 2.45) is 0 Å². The molecule has 2 rings (SSSR count). The van der Waals surface area contributed by atoms with Gasteiger partial charge < -0.3 is 15.0 Å². The molecule has 1 saturated heterocycles. The van der Waals surface area contributed by atoms with Gasteiger partial charge in [0.15, 0.2) is 0 Å². The molecular formula is C14H19Cl2N3O2. The Kier molecular flexibility index (Phi) is 6.11. The van der Waals surface area contributed by atoms with Gasteiger partial charge in [-0.1, -0.05) is 29.3 Å². The van der Waals surface area contributed by atoms with Crippen LogP contribution in [-0.4, -0.2) is 62.3 Å². The second kappa shape index (κ2) is 7.84. The van der Waals surface area contributed by atoms with Gasteiger partial charge in [-0.15, -0.1) is 0 Å². The number of ether oxygens (including phenoxy) is 1. The van der Waals surface area contributed by atoms with Crippen molar-refractivity contribution in [1.82, 2.24) is 9.80 Å². The largest absolute Gasteiger partial charge is 0.383 e. The van der Waals surface area contributed by atoms with Crippen molar-refractivity contribution in [1.29, 1.82) is 0 Å². The van der Waals surface area contributed by atoms with Crippen LogP contribution in [0.2, 0.25) is 10.0 Å². The summed E-state index contributed by atoms with van der Waals surface area (Å²) < 4.78 is 5.06. The number of hydrogen-bond acceptors (Lipinski definition) is 3. The van der Waals surface area contributed by atoms with Gasteiger partial charge in [-0.2, -0.15) is 0 Å². The zero-order valence-corrected chi connectivity index (χ0v) is 13.5. The summed E-state index contributed by atoms with van der Waals surface area (Å²) in [6.07, 6.45) is 0. The van der Waals surface area contributed by atoms with E-state index in [0.717, 1.165) is 19.6 Å². The highest BCUT2D eigenvalue weighted by Gasteiger charge is 2.21. The van der Waals surface area contributed by atoms with E-state index >= 15 is 0 Å². The van der Waals surface area contributed by atoms with Gasteiger partial charge in [0.2, 0.25) is 0 Å². The predicted octanol–water partition coefficient (Wildman–Crippen LogP) is 2.79. The van der Waals surface area contributed by atoms with Crippen LogP contribution in [0.3, 0.4) is 0 Å². The van der Waals surface area contributed by atoms with Crippen LogP contribution in [0.5, 0.6) is 0 Å². The number of urea groups is 1. The molecule has 0 saturated carbocycles. The van der Waals surface area contributed by atoms with Gasteiger partial charge >= 0.3 is 6.03 Å². The van der Waals surface area contributed by atoms with E-state index in [1.165, 1.54) is 0 Å². The van der Waals surface area contributed by atoms with E-state index in [2.05, 4.69) is 10.2 Å². The SMILES string of the molecule is COCCN1CCN(C(=O)Nc2c(Cl)cccc2Cl)CC1. The number of para-hydroxylation sites is 1. The summed E-state index contributed by atoms with van der Waals surface area (Å²) in [4.78, 5) is 16.3. The summed E-state index contributed by atoms with van der Waals surface area (Å²) in [5.41, 5.74) is 0.465. The maximum Gasteiger partial charge on any atom is 0.322 e. The minimum atomic E-state index is -0.170. The highest BCUT2D eigenvalue weighted by atomic mass is 35.5. The molecule has 116 valence electrons. The number of carbonyl (C=O) groups is 1. The molecule has 0 bridgehead atoms. The van der Waals surface area contributed by atoms with Crippen molar-refractivity contribution in [3.63, 3.8) is 0 Å². The zero-order valence-electron chi connectivity index (χ0n) is 11.9. The number of carbonyl (C=O) groups excluding carboxylic acids is 1. The average Bonchev–Trinajstić information content (AvgIpc) is 2.49. The van der Waals surface area contributed by atoms with Crippen LogP contribution >= 0.6 is 23.2 Å². The number of methoxy groups -OCH3 is 1. The number of rotatable bonds is 4. The van der Waals surface area contributed by atoms with Crippen LogP contribution in [0, 0.1) is 0 Å². The summed E-state index contributed by atoms with van der Waals surface area (Å²) >= 11 is 12.1. The van der Waals surface area contributed by atoms with E-state index in [9.17, 15) is 4.79 Å². The first-order valence-electron chi connectivity index (χ1n) is 6.83. The van der Waals surface area contributed by atoms with E-state index < -0.39 is 0 Å². The fraction of sp³-hybridized carbons (Fsp3) is 0.500. The van der Waals surface area contributed by atoms with Crippen molar-refractivity contribution in [2.75, 3.05) is 51.8 Å². The van der Waals surface area contributed by atoms with E-state index in [-0.39, 0.29) is 6.03 Å². The smallest absolute Gasteiger partial charge is 0.322 e. The van der Waals surface area contributed by atoms with Crippen molar-refractivity contribution in [3.05, 3.63) is 28.2 Å². The molecule has 1 aromatic carbocycles. The minimum Gasteiger partial charge on any atom is -0.383 e. The maximum atomic E-state index is 12.2. The van der Waals surface area contributed by atoms with Crippen LogP contribution in [0.25, 0.3) is 0 Å². The van der Waals surface area contributed by atoms with Crippen molar-refractivity contribution < 1.29 is 9.53 Å². The lowest BCUT2D eigenvalue weighted by Gasteiger charge is -2.34. The van der Waals surface area contributed by atoms with Gasteiger partial charge in [0.1, 0.15) is 0 Å². The first-order chi connectivity index (χ1) is 10.1. The highest BCUT2D eigenvalue weighted by molar-refractivity contribution is 6.39. The number of nitrogens with zero attached hydrogens (tertiary/aromatic N) is 2. The molecule has 2 amide bonds. The second-order valence-electron chi connectivity index (χ2n) is 4.85. The summed E-state index contributed by atoms with van der Waals surface area (Å²) in [5.74, 6) is 0. The summed E-state index contributed by atoms with van der Waals surface area (Å²) in [6.45, 7) is 4.64. The molecule has 21 heavy (non-hydrogen) atoms. The van der Waals surface area contributed by atoms with E-state index in [1.807, 2.05) is 0 Å². The summed E-state index contributed by atoms with van der Waals surface area (Å²) in [6, 6.07) is 4.98. The van der Waals surface area contributed by atoms with Crippen LogP contribution < -0.4 is 5.32 Å². The monoisotopic (exact) mass is 331 g/mol. The Morgan fingerprint density at radius 3 is 2.43 bits per heavy atom. The molecule has 0 aliphatic carbocycles. The fourth-order valence-electron chi connectivity index (χ4n) is 2.20. The van der Waals surface area contributed by atoms with Crippen LogP contribution in [0.15, 0.2) is 18.2 Å². The van der Waals surface area contributed by atoms with Gasteiger partial charge in [0.25, 0.3) is 0 Å². The van der Waals surface area contributed by atoms with Crippen molar-refractivity contribution in [3.8, 4) is 0 Å². The lowest BCUT2D eigenvalue weighted by molar-refractivity contribution is 0.109. The number of anilines is 1. The number of hydrogen-bond donors (Lipinski definition) is 1. The molecule has 0 unspecified atom stereocenters. The molecule has 1 heterocycles.